The van der Waals surface area contributed by atoms with Crippen LogP contribution in [0.5, 0.6) is 0 Å². The molecule has 0 amide bonds. The van der Waals surface area contributed by atoms with Crippen molar-refractivity contribution in [2.24, 2.45) is 11.3 Å². The fourth-order valence-electron chi connectivity index (χ4n) is 3.38. The van der Waals surface area contributed by atoms with E-state index in [0.717, 1.165) is 32.0 Å². The molecule has 0 aromatic heterocycles. The van der Waals surface area contributed by atoms with Gasteiger partial charge < -0.3 is 15.3 Å². The smallest absolute Gasteiger partial charge is 0.0443 e. The second-order valence-corrected chi connectivity index (χ2v) is 6.29. The standard InChI is InChI=1S/C15H32N2O/c1-5-16-14-13(8-9-15(14,3)4)12-17(6-2)10-7-11-18/h13-14,16,18H,5-12H2,1-4H3. The molecule has 1 aliphatic rings. The van der Waals surface area contributed by atoms with E-state index in [-0.39, 0.29) is 0 Å². The maximum absolute atomic E-state index is 8.95. The first-order chi connectivity index (χ1) is 8.55. The minimum absolute atomic E-state index is 0.309. The largest absolute Gasteiger partial charge is 0.396 e. The second-order valence-electron chi connectivity index (χ2n) is 6.29. The van der Waals surface area contributed by atoms with Gasteiger partial charge in [-0.1, -0.05) is 27.7 Å². The van der Waals surface area contributed by atoms with Crippen LogP contribution in [0, 0.1) is 11.3 Å². The molecule has 1 aliphatic carbocycles. The van der Waals surface area contributed by atoms with E-state index < -0.39 is 0 Å². The zero-order valence-electron chi connectivity index (χ0n) is 12.7. The minimum atomic E-state index is 0.309. The van der Waals surface area contributed by atoms with Gasteiger partial charge in [-0.15, -0.1) is 0 Å². The van der Waals surface area contributed by atoms with E-state index in [4.69, 9.17) is 5.11 Å². The van der Waals surface area contributed by atoms with Crippen LogP contribution in [0.1, 0.15) is 47.0 Å². The highest BCUT2D eigenvalue weighted by molar-refractivity contribution is 4.96. The summed E-state index contributed by atoms with van der Waals surface area (Å²) >= 11 is 0. The van der Waals surface area contributed by atoms with Crippen molar-refractivity contribution in [2.45, 2.75) is 53.0 Å². The summed E-state index contributed by atoms with van der Waals surface area (Å²) in [6.45, 7) is 13.9. The van der Waals surface area contributed by atoms with Gasteiger partial charge in [0.05, 0.1) is 0 Å². The second kappa shape index (κ2) is 7.46. The number of aliphatic hydroxyl groups is 1. The SMILES string of the molecule is CCNC1C(CN(CC)CCCO)CCC1(C)C. The molecule has 1 saturated carbocycles. The number of rotatable bonds is 8. The molecule has 0 aliphatic heterocycles. The molecule has 1 rings (SSSR count). The lowest BCUT2D eigenvalue weighted by Crippen LogP contribution is -2.45. The van der Waals surface area contributed by atoms with E-state index in [9.17, 15) is 0 Å². The van der Waals surface area contributed by atoms with E-state index in [1.54, 1.807) is 0 Å². The van der Waals surface area contributed by atoms with Crippen LogP contribution in [0.4, 0.5) is 0 Å². The van der Waals surface area contributed by atoms with Gasteiger partial charge in [-0.3, -0.25) is 0 Å². The van der Waals surface area contributed by atoms with Gasteiger partial charge >= 0.3 is 0 Å². The van der Waals surface area contributed by atoms with Crippen molar-refractivity contribution in [3.05, 3.63) is 0 Å². The first kappa shape index (κ1) is 15.9. The van der Waals surface area contributed by atoms with Crippen LogP contribution in [0.2, 0.25) is 0 Å². The summed E-state index contributed by atoms with van der Waals surface area (Å²) in [4.78, 5) is 2.49. The Bertz CT molecular complexity index is 231. The average Bonchev–Trinajstić information content (AvgIpc) is 2.62. The van der Waals surface area contributed by atoms with Gasteiger partial charge in [0.15, 0.2) is 0 Å². The van der Waals surface area contributed by atoms with Crippen molar-refractivity contribution in [3.8, 4) is 0 Å². The van der Waals surface area contributed by atoms with Gasteiger partial charge in [0.25, 0.3) is 0 Å². The minimum Gasteiger partial charge on any atom is -0.396 e. The third-order valence-corrected chi connectivity index (χ3v) is 4.47. The molecule has 0 aromatic carbocycles. The van der Waals surface area contributed by atoms with E-state index in [2.05, 4.69) is 37.9 Å². The molecular weight excluding hydrogens is 224 g/mol. The van der Waals surface area contributed by atoms with Gasteiger partial charge in [-0.05, 0) is 43.7 Å². The molecule has 3 heteroatoms. The Hall–Kier alpha value is -0.120. The third kappa shape index (κ3) is 4.22. The van der Waals surface area contributed by atoms with E-state index >= 15 is 0 Å². The molecule has 0 aromatic rings. The molecule has 2 atom stereocenters. The summed E-state index contributed by atoms with van der Waals surface area (Å²) in [6.07, 6.45) is 3.56. The lowest BCUT2D eigenvalue weighted by atomic mass is 9.84. The van der Waals surface area contributed by atoms with Crippen LogP contribution in [0.3, 0.4) is 0 Å². The lowest BCUT2D eigenvalue weighted by Gasteiger charge is -2.34. The van der Waals surface area contributed by atoms with E-state index in [1.807, 2.05) is 0 Å². The average molecular weight is 256 g/mol. The maximum atomic E-state index is 8.95. The fourth-order valence-corrected chi connectivity index (χ4v) is 3.38. The van der Waals surface area contributed by atoms with Crippen LogP contribution in [0.15, 0.2) is 0 Å². The monoisotopic (exact) mass is 256 g/mol. The summed E-state index contributed by atoms with van der Waals surface area (Å²) in [5.41, 5.74) is 0.428. The Balaban J connectivity index is 2.53. The zero-order valence-corrected chi connectivity index (χ0v) is 12.7. The molecule has 0 bridgehead atoms. The van der Waals surface area contributed by atoms with E-state index in [1.165, 1.54) is 19.4 Å². The van der Waals surface area contributed by atoms with Crippen molar-refractivity contribution in [1.29, 1.82) is 0 Å². The third-order valence-electron chi connectivity index (χ3n) is 4.47. The molecule has 0 spiro atoms. The quantitative estimate of drug-likeness (QED) is 0.698. The summed E-state index contributed by atoms with van der Waals surface area (Å²) in [5, 5.41) is 12.6. The molecule has 2 unspecified atom stereocenters. The molecule has 3 nitrogen and oxygen atoms in total. The Morgan fingerprint density at radius 1 is 1.33 bits per heavy atom. The lowest BCUT2D eigenvalue weighted by molar-refractivity contribution is 0.176. The van der Waals surface area contributed by atoms with Crippen molar-refractivity contribution in [2.75, 3.05) is 32.8 Å². The van der Waals surface area contributed by atoms with Gasteiger partial charge in [0.1, 0.15) is 0 Å². The normalized spacial score (nSPS) is 27.0. The molecule has 1 fully saturated rings. The number of nitrogens with zero attached hydrogens (tertiary/aromatic N) is 1. The van der Waals surface area contributed by atoms with Crippen LogP contribution in [-0.4, -0.2) is 48.8 Å². The van der Waals surface area contributed by atoms with Gasteiger partial charge in [0.2, 0.25) is 0 Å². The summed E-state index contributed by atoms with van der Waals surface area (Å²) in [5.74, 6) is 0.763. The predicted octanol–water partition coefficient (Wildman–Crippen LogP) is 2.10. The molecule has 0 saturated heterocycles. The Morgan fingerprint density at radius 3 is 2.61 bits per heavy atom. The molecule has 18 heavy (non-hydrogen) atoms. The Morgan fingerprint density at radius 2 is 2.06 bits per heavy atom. The summed E-state index contributed by atoms with van der Waals surface area (Å²) in [6, 6.07) is 0.644. The molecule has 0 radical (unpaired) electrons. The first-order valence-electron chi connectivity index (χ1n) is 7.61. The van der Waals surface area contributed by atoms with Gasteiger partial charge in [0, 0.05) is 25.7 Å². The van der Waals surface area contributed by atoms with Crippen LogP contribution < -0.4 is 5.32 Å². The van der Waals surface area contributed by atoms with Gasteiger partial charge in [-0.25, -0.2) is 0 Å². The highest BCUT2D eigenvalue weighted by Gasteiger charge is 2.41. The highest BCUT2D eigenvalue weighted by atomic mass is 16.3. The molecule has 0 heterocycles. The van der Waals surface area contributed by atoms with Crippen molar-refractivity contribution in [3.63, 3.8) is 0 Å². The van der Waals surface area contributed by atoms with E-state index in [0.29, 0.717) is 18.1 Å². The summed E-state index contributed by atoms with van der Waals surface area (Å²) in [7, 11) is 0. The number of aliphatic hydroxyl groups excluding tert-OH is 1. The zero-order chi connectivity index (χ0) is 13.6. The number of hydrogen-bond acceptors (Lipinski definition) is 3. The van der Waals surface area contributed by atoms with Gasteiger partial charge in [-0.2, -0.15) is 0 Å². The molecule has 2 N–H and O–H groups in total. The fraction of sp³-hybridized carbons (Fsp3) is 1.00. The molecule has 108 valence electrons. The van der Waals surface area contributed by atoms with Crippen LogP contribution in [-0.2, 0) is 0 Å². The first-order valence-corrected chi connectivity index (χ1v) is 7.61. The topological polar surface area (TPSA) is 35.5 Å². The highest BCUT2D eigenvalue weighted by Crippen LogP contribution is 2.41. The summed E-state index contributed by atoms with van der Waals surface area (Å²) < 4.78 is 0. The Labute approximate surface area is 113 Å². The number of nitrogens with one attached hydrogen (secondary N) is 1. The van der Waals surface area contributed by atoms with Crippen LogP contribution >= 0.6 is 0 Å². The molecular formula is C15H32N2O. The van der Waals surface area contributed by atoms with Crippen molar-refractivity contribution >= 4 is 0 Å². The Kier molecular flexibility index (Phi) is 6.61. The van der Waals surface area contributed by atoms with Crippen LogP contribution in [0.25, 0.3) is 0 Å². The maximum Gasteiger partial charge on any atom is 0.0443 e. The van der Waals surface area contributed by atoms with Crippen molar-refractivity contribution in [1.82, 2.24) is 10.2 Å². The number of hydrogen-bond donors (Lipinski definition) is 2. The van der Waals surface area contributed by atoms with Crippen molar-refractivity contribution < 1.29 is 5.11 Å². The predicted molar refractivity (Wildman–Crippen MR) is 77.8 cm³/mol.